The second-order valence-corrected chi connectivity index (χ2v) is 6.50. The zero-order valence-corrected chi connectivity index (χ0v) is 15.4. The molecule has 138 valence electrons. The van der Waals surface area contributed by atoms with Gasteiger partial charge in [0.1, 0.15) is 0 Å². The number of nitrogens with zero attached hydrogens (tertiary/aromatic N) is 2. The standard InChI is InChI=1S/C19H28N2O4/c1-15-5-4-6-17(13-15)18(22)21(14-16(2)19(23)24-3)8-7-20-9-11-25-12-10-20/h4-6,13,16H,7-12,14H2,1-3H3. The molecule has 1 aliphatic heterocycles. The van der Waals surface area contributed by atoms with Gasteiger partial charge in [0.2, 0.25) is 0 Å². The van der Waals surface area contributed by atoms with Crippen molar-refractivity contribution in [3.05, 3.63) is 35.4 Å². The number of esters is 1. The molecule has 1 atom stereocenters. The Bertz CT molecular complexity index is 585. The van der Waals surface area contributed by atoms with Crippen LogP contribution in [-0.2, 0) is 14.3 Å². The van der Waals surface area contributed by atoms with Crippen LogP contribution in [0.5, 0.6) is 0 Å². The Morgan fingerprint density at radius 2 is 2.04 bits per heavy atom. The molecule has 1 amide bonds. The number of carbonyl (C=O) groups excluding carboxylic acids is 2. The van der Waals surface area contributed by atoms with Crippen LogP contribution in [0.25, 0.3) is 0 Å². The van der Waals surface area contributed by atoms with Gasteiger partial charge in [-0.05, 0) is 19.1 Å². The molecule has 0 radical (unpaired) electrons. The summed E-state index contributed by atoms with van der Waals surface area (Å²) in [6, 6.07) is 7.55. The maximum Gasteiger partial charge on any atom is 0.310 e. The van der Waals surface area contributed by atoms with E-state index in [1.54, 1.807) is 11.8 Å². The van der Waals surface area contributed by atoms with Gasteiger partial charge in [0.15, 0.2) is 0 Å². The van der Waals surface area contributed by atoms with Gasteiger partial charge in [-0.15, -0.1) is 0 Å². The molecule has 0 N–H and O–H groups in total. The molecule has 1 aromatic carbocycles. The van der Waals surface area contributed by atoms with Gasteiger partial charge in [-0.25, -0.2) is 0 Å². The van der Waals surface area contributed by atoms with Gasteiger partial charge >= 0.3 is 5.97 Å². The van der Waals surface area contributed by atoms with Crippen molar-refractivity contribution in [1.29, 1.82) is 0 Å². The fourth-order valence-corrected chi connectivity index (χ4v) is 2.93. The number of carbonyl (C=O) groups is 2. The summed E-state index contributed by atoms with van der Waals surface area (Å²) in [4.78, 5) is 28.8. The minimum atomic E-state index is -0.358. The molecule has 25 heavy (non-hydrogen) atoms. The van der Waals surface area contributed by atoms with E-state index in [1.165, 1.54) is 7.11 Å². The van der Waals surface area contributed by atoms with Crippen molar-refractivity contribution in [3.63, 3.8) is 0 Å². The number of morpholine rings is 1. The van der Waals surface area contributed by atoms with E-state index in [1.807, 2.05) is 31.2 Å². The fourth-order valence-electron chi connectivity index (χ4n) is 2.93. The first-order valence-electron chi connectivity index (χ1n) is 8.75. The van der Waals surface area contributed by atoms with Crippen molar-refractivity contribution in [2.75, 3.05) is 53.0 Å². The van der Waals surface area contributed by atoms with Crippen LogP contribution in [0.4, 0.5) is 0 Å². The molecule has 2 rings (SSSR count). The lowest BCUT2D eigenvalue weighted by Gasteiger charge is -2.31. The number of hydrogen-bond donors (Lipinski definition) is 0. The summed E-state index contributed by atoms with van der Waals surface area (Å²) < 4.78 is 10.2. The fraction of sp³-hybridized carbons (Fsp3) is 0.579. The molecule has 1 fully saturated rings. The van der Waals surface area contributed by atoms with Crippen LogP contribution >= 0.6 is 0 Å². The first kappa shape index (κ1) is 19.4. The zero-order chi connectivity index (χ0) is 18.2. The Morgan fingerprint density at radius 3 is 2.68 bits per heavy atom. The number of aryl methyl sites for hydroxylation is 1. The number of methoxy groups -OCH3 is 1. The molecular formula is C19H28N2O4. The topological polar surface area (TPSA) is 59.1 Å². The van der Waals surface area contributed by atoms with E-state index in [2.05, 4.69) is 4.90 Å². The molecule has 1 saturated heterocycles. The highest BCUT2D eigenvalue weighted by atomic mass is 16.5. The van der Waals surface area contributed by atoms with Gasteiger partial charge in [0.25, 0.3) is 5.91 Å². The third-order valence-corrected chi connectivity index (χ3v) is 4.44. The molecule has 0 aromatic heterocycles. The van der Waals surface area contributed by atoms with Crippen molar-refractivity contribution >= 4 is 11.9 Å². The van der Waals surface area contributed by atoms with Crippen LogP contribution in [0.2, 0.25) is 0 Å². The highest BCUT2D eigenvalue weighted by Gasteiger charge is 2.23. The second kappa shape index (κ2) is 9.53. The SMILES string of the molecule is COC(=O)C(C)CN(CCN1CCOCC1)C(=O)c1cccc(C)c1. The third-order valence-electron chi connectivity index (χ3n) is 4.44. The number of amides is 1. The van der Waals surface area contributed by atoms with Gasteiger partial charge in [-0.1, -0.05) is 24.6 Å². The van der Waals surface area contributed by atoms with Crippen molar-refractivity contribution < 1.29 is 19.1 Å². The van der Waals surface area contributed by atoms with Crippen molar-refractivity contribution in [1.82, 2.24) is 9.80 Å². The van der Waals surface area contributed by atoms with Gasteiger partial charge in [-0.3, -0.25) is 14.5 Å². The van der Waals surface area contributed by atoms with Crippen LogP contribution in [-0.4, -0.2) is 74.7 Å². The Morgan fingerprint density at radius 1 is 1.32 bits per heavy atom. The van der Waals surface area contributed by atoms with Crippen LogP contribution in [0.15, 0.2) is 24.3 Å². The lowest BCUT2D eigenvalue weighted by atomic mass is 10.1. The van der Waals surface area contributed by atoms with Crippen LogP contribution in [0.3, 0.4) is 0 Å². The Kier molecular flexibility index (Phi) is 7.40. The predicted octanol–water partition coefficient (Wildman–Crippen LogP) is 1.58. The van der Waals surface area contributed by atoms with E-state index < -0.39 is 0 Å². The third kappa shape index (κ3) is 5.83. The molecule has 0 spiro atoms. The van der Waals surface area contributed by atoms with E-state index in [0.717, 1.165) is 38.4 Å². The average molecular weight is 348 g/mol. The summed E-state index contributed by atoms with van der Waals surface area (Å²) in [5, 5.41) is 0. The smallest absolute Gasteiger partial charge is 0.310 e. The van der Waals surface area contributed by atoms with Gasteiger partial charge in [-0.2, -0.15) is 0 Å². The summed E-state index contributed by atoms with van der Waals surface area (Å²) in [6.45, 7) is 8.66. The summed E-state index contributed by atoms with van der Waals surface area (Å²) >= 11 is 0. The largest absolute Gasteiger partial charge is 0.469 e. The molecular weight excluding hydrogens is 320 g/mol. The van der Waals surface area contributed by atoms with Crippen LogP contribution in [0.1, 0.15) is 22.8 Å². The second-order valence-electron chi connectivity index (χ2n) is 6.50. The minimum absolute atomic E-state index is 0.0484. The van der Waals surface area contributed by atoms with Gasteiger partial charge < -0.3 is 14.4 Å². The van der Waals surface area contributed by atoms with Gasteiger partial charge in [0.05, 0.1) is 26.2 Å². The first-order valence-corrected chi connectivity index (χ1v) is 8.75. The molecule has 6 nitrogen and oxygen atoms in total. The lowest BCUT2D eigenvalue weighted by Crippen LogP contribution is -2.45. The number of hydrogen-bond acceptors (Lipinski definition) is 5. The lowest BCUT2D eigenvalue weighted by molar-refractivity contribution is -0.145. The van der Waals surface area contributed by atoms with E-state index in [4.69, 9.17) is 9.47 Å². The van der Waals surface area contributed by atoms with E-state index in [9.17, 15) is 9.59 Å². The summed E-state index contributed by atoms with van der Waals surface area (Å²) in [7, 11) is 1.37. The van der Waals surface area contributed by atoms with Crippen molar-refractivity contribution in [2.45, 2.75) is 13.8 Å². The maximum absolute atomic E-state index is 12.9. The van der Waals surface area contributed by atoms with Crippen LogP contribution in [0, 0.1) is 12.8 Å². The molecule has 0 aliphatic carbocycles. The number of ether oxygens (including phenoxy) is 2. The Balaban J connectivity index is 2.06. The quantitative estimate of drug-likeness (QED) is 0.700. The summed E-state index contributed by atoms with van der Waals surface area (Å²) in [6.07, 6.45) is 0. The zero-order valence-electron chi connectivity index (χ0n) is 15.4. The first-order chi connectivity index (χ1) is 12.0. The van der Waals surface area contributed by atoms with E-state index >= 15 is 0 Å². The predicted molar refractivity (Wildman–Crippen MR) is 95.5 cm³/mol. The summed E-state index contributed by atoms with van der Waals surface area (Å²) in [5.74, 6) is -0.704. The Labute approximate surface area is 149 Å². The molecule has 1 aliphatic rings. The Hall–Kier alpha value is -1.92. The minimum Gasteiger partial charge on any atom is -0.469 e. The highest BCUT2D eigenvalue weighted by molar-refractivity contribution is 5.94. The molecule has 1 unspecified atom stereocenters. The summed E-state index contributed by atoms with van der Waals surface area (Å²) in [5.41, 5.74) is 1.69. The monoisotopic (exact) mass is 348 g/mol. The normalized spacial score (nSPS) is 16.3. The van der Waals surface area contributed by atoms with Crippen molar-refractivity contribution in [3.8, 4) is 0 Å². The molecule has 0 bridgehead atoms. The molecule has 1 heterocycles. The molecule has 6 heteroatoms. The van der Waals surface area contributed by atoms with Crippen LogP contribution < -0.4 is 0 Å². The highest BCUT2D eigenvalue weighted by Crippen LogP contribution is 2.11. The van der Waals surface area contributed by atoms with Gasteiger partial charge in [0, 0.05) is 38.3 Å². The maximum atomic E-state index is 12.9. The number of benzene rings is 1. The molecule has 1 aromatic rings. The average Bonchev–Trinajstić information content (AvgIpc) is 2.64. The number of rotatable bonds is 7. The van der Waals surface area contributed by atoms with E-state index in [0.29, 0.717) is 18.7 Å². The van der Waals surface area contributed by atoms with Crippen molar-refractivity contribution in [2.24, 2.45) is 5.92 Å². The van der Waals surface area contributed by atoms with E-state index in [-0.39, 0.29) is 17.8 Å². The molecule has 0 saturated carbocycles.